The molecule has 0 fully saturated rings. The Bertz CT molecular complexity index is 204. The summed E-state index contributed by atoms with van der Waals surface area (Å²) in [5.74, 6) is -2.28. The molecule has 0 rings (SSSR count). The van der Waals surface area contributed by atoms with Crippen LogP contribution in [-0.4, -0.2) is 36.5 Å². The van der Waals surface area contributed by atoms with E-state index in [1.807, 2.05) is 0 Å². The molecule has 0 saturated heterocycles. The van der Waals surface area contributed by atoms with E-state index in [2.05, 4.69) is 4.74 Å². The number of aliphatic carboxylic acids is 1. The molecule has 0 saturated carbocycles. The van der Waals surface area contributed by atoms with E-state index in [9.17, 15) is 13.6 Å². The summed E-state index contributed by atoms with van der Waals surface area (Å²) in [5.41, 5.74) is -0.603. The van der Waals surface area contributed by atoms with Gasteiger partial charge in [0.05, 0.1) is 12.2 Å². The van der Waals surface area contributed by atoms with Gasteiger partial charge in [0, 0.05) is 7.11 Å². The van der Waals surface area contributed by atoms with Crippen LogP contribution in [0.5, 0.6) is 0 Å². The Balaban J connectivity index is 3.91. The average molecular weight is 212 g/mol. The van der Waals surface area contributed by atoms with Gasteiger partial charge in [-0.15, -0.1) is 0 Å². The molecule has 0 heterocycles. The highest BCUT2D eigenvalue weighted by molar-refractivity contribution is 5.73. The first-order valence-corrected chi connectivity index (χ1v) is 4.01. The molecule has 6 heteroatoms. The fourth-order valence-electron chi connectivity index (χ4n) is 0.589. The second kappa shape index (κ2) is 4.65. The smallest absolute Gasteiger partial charge is 0.455 e. The first-order valence-electron chi connectivity index (χ1n) is 4.01. The van der Waals surface area contributed by atoms with Crippen molar-refractivity contribution in [2.24, 2.45) is 0 Å². The fraction of sp³-hybridized carbons (Fsp3) is 0.875. The van der Waals surface area contributed by atoms with Crippen LogP contribution in [0.1, 0.15) is 20.3 Å². The van der Waals surface area contributed by atoms with Gasteiger partial charge in [0.2, 0.25) is 0 Å². The fourth-order valence-corrected chi connectivity index (χ4v) is 0.589. The molecule has 0 spiro atoms. The number of methoxy groups -OCH3 is 1. The molecule has 0 aliphatic rings. The molecule has 0 aromatic heterocycles. The monoisotopic (exact) mass is 212 g/mol. The third-order valence-electron chi connectivity index (χ3n) is 1.79. The van der Waals surface area contributed by atoms with Crippen LogP contribution in [0.3, 0.4) is 0 Å². The Hall–Kier alpha value is -0.750. The molecule has 14 heavy (non-hydrogen) atoms. The van der Waals surface area contributed by atoms with E-state index in [1.54, 1.807) is 13.8 Å². The Kier molecular flexibility index (Phi) is 4.41. The standard InChI is InChI=1S/C8H14F2O4/c1-7(2,13-3)4-5-14-8(9,10)6(11)12/h4-5H2,1-3H3,(H,11,12). The van der Waals surface area contributed by atoms with Gasteiger partial charge in [0.15, 0.2) is 0 Å². The van der Waals surface area contributed by atoms with E-state index < -0.39 is 17.7 Å². The highest BCUT2D eigenvalue weighted by Gasteiger charge is 2.40. The minimum absolute atomic E-state index is 0.187. The molecule has 1 N–H and O–H groups in total. The number of carbonyl (C=O) groups is 1. The van der Waals surface area contributed by atoms with Crippen LogP contribution in [0.25, 0.3) is 0 Å². The van der Waals surface area contributed by atoms with Gasteiger partial charge in [-0.3, -0.25) is 0 Å². The number of alkyl halides is 2. The molecule has 0 aliphatic carbocycles. The molecular formula is C8H14F2O4. The van der Waals surface area contributed by atoms with Gasteiger partial charge in [-0.25, -0.2) is 4.79 Å². The summed E-state index contributed by atoms with van der Waals surface area (Å²) in [4.78, 5) is 9.94. The first-order chi connectivity index (χ1) is 6.21. The van der Waals surface area contributed by atoms with Crippen molar-refractivity contribution in [2.75, 3.05) is 13.7 Å². The van der Waals surface area contributed by atoms with Gasteiger partial charge < -0.3 is 14.6 Å². The van der Waals surface area contributed by atoms with Crippen molar-refractivity contribution in [3.05, 3.63) is 0 Å². The van der Waals surface area contributed by atoms with Gasteiger partial charge in [0.1, 0.15) is 0 Å². The van der Waals surface area contributed by atoms with Crippen molar-refractivity contribution in [3.8, 4) is 0 Å². The predicted octanol–water partition coefficient (Wildman–Crippen LogP) is 1.50. The number of hydrogen-bond acceptors (Lipinski definition) is 3. The van der Waals surface area contributed by atoms with E-state index in [4.69, 9.17) is 9.84 Å². The molecule has 0 unspecified atom stereocenters. The molecule has 0 bridgehead atoms. The lowest BCUT2D eigenvalue weighted by molar-refractivity contribution is -0.248. The largest absolute Gasteiger partial charge is 0.475 e. The SMILES string of the molecule is COC(C)(C)CCOC(F)(F)C(=O)O. The average Bonchev–Trinajstić information content (AvgIpc) is 2.03. The topological polar surface area (TPSA) is 55.8 Å². The van der Waals surface area contributed by atoms with Gasteiger partial charge in [0.25, 0.3) is 0 Å². The minimum Gasteiger partial charge on any atom is -0.475 e. The number of rotatable bonds is 6. The van der Waals surface area contributed by atoms with Crippen molar-refractivity contribution >= 4 is 5.97 Å². The molecule has 0 aromatic carbocycles. The second-order valence-corrected chi connectivity index (χ2v) is 3.38. The molecule has 0 radical (unpaired) electrons. The molecule has 0 aromatic rings. The maximum absolute atomic E-state index is 12.4. The van der Waals surface area contributed by atoms with Gasteiger partial charge in [-0.1, -0.05) is 0 Å². The van der Waals surface area contributed by atoms with Crippen LogP contribution < -0.4 is 0 Å². The molecule has 84 valence electrons. The number of ether oxygens (including phenoxy) is 2. The maximum Gasteiger partial charge on any atom is 0.455 e. The summed E-state index contributed by atoms with van der Waals surface area (Å²) in [6, 6.07) is 0. The third-order valence-corrected chi connectivity index (χ3v) is 1.79. The summed E-state index contributed by atoms with van der Waals surface area (Å²) in [6.45, 7) is 3.00. The molecule has 0 amide bonds. The zero-order valence-electron chi connectivity index (χ0n) is 8.34. The summed E-state index contributed by atoms with van der Waals surface area (Å²) < 4.78 is 33.6. The van der Waals surface area contributed by atoms with Crippen molar-refractivity contribution in [2.45, 2.75) is 32.0 Å². The van der Waals surface area contributed by atoms with Gasteiger partial charge in [-0.05, 0) is 20.3 Å². The van der Waals surface area contributed by atoms with Gasteiger partial charge in [-0.2, -0.15) is 8.78 Å². The summed E-state index contributed by atoms with van der Waals surface area (Å²) in [6.07, 6.45) is -3.93. The van der Waals surface area contributed by atoms with Crippen molar-refractivity contribution in [1.29, 1.82) is 0 Å². The Morgan fingerprint density at radius 3 is 2.29 bits per heavy atom. The molecule has 4 nitrogen and oxygen atoms in total. The zero-order valence-corrected chi connectivity index (χ0v) is 8.34. The van der Waals surface area contributed by atoms with Crippen LogP contribution in [0.2, 0.25) is 0 Å². The summed E-state index contributed by atoms with van der Waals surface area (Å²) in [7, 11) is 1.44. The van der Waals surface area contributed by atoms with Crippen LogP contribution in [-0.2, 0) is 14.3 Å². The van der Waals surface area contributed by atoms with Crippen LogP contribution in [0.4, 0.5) is 8.78 Å². The predicted molar refractivity (Wildman–Crippen MR) is 44.2 cm³/mol. The highest BCUT2D eigenvalue weighted by atomic mass is 19.3. The number of carboxylic acid groups (broad SMARTS) is 1. The quantitative estimate of drug-likeness (QED) is 0.724. The number of carboxylic acids is 1. The second-order valence-electron chi connectivity index (χ2n) is 3.38. The number of halogens is 2. The Labute approximate surface area is 80.8 Å². The van der Waals surface area contributed by atoms with Gasteiger partial charge >= 0.3 is 12.1 Å². The molecule has 0 atom stereocenters. The van der Waals surface area contributed by atoms with E-state index in [0.717, 1.165) is 0 Å². The first kappa shape index (κ1) is 13.2. The molecular weight excluding hydrogens is 198 g/mol. The van der Waals surface area contributed by atoms with E-state index in [1.165, 1.54) is 7.11 Å². The van der Waals surface area contributed by atoms with E-state index in [-0.39, 0.29) is 13.0 Å². The summed E-state index contributed by atoms with van der Waals surface area (Å²) >= 11 is 0. The van der Waals surface area contributed by atoms with Crippen molar-refractivity contribution in [3.63, 3.8) is 0 Å². The van der Waals surface area contributed by atoms with Crippen LogP contribution >= 0.6 is 0 Å². The summed E-state index contributed by atoms with van der Waals surface area (Å²) in [5, 5.41) is 8.02. The van der Waals surface area contributed by atoms with E-state index in [0.29, 0.717) is 0 Å². The Morgan fingerprint density at radius 1 is 1.43 bits per heavy atom. The normalized spacial score (nSPS) is 12.9. The van der Waals surface area contributed by atoms with Crippen molar-refractivity contribution in [1.82, 2.24) is 0 Å². The lowest BCUT2D eigenvalue weighted by Gasteiger charge is -2.23. The van der Waals surface area contributed by atoms with Crippen LogP contribution in [0, 0.1) is 0 Å². The third kappa shape index (κ3) is 4.48. The highest BCUT2D eigenvalue weighted by Crippen LogP contribution is 2.19. The Morgan fingerprint density at radius 2 is 1.93 bits per heavy atom. The minimum atomic E-state index is -4.12. The lowest BCUT2D eigenvalue weighted by atomic mass is 10.1. The lowest BCUT2D eigenvalue weighted by Crippen LogP contribution is -2.34. The zero-order chi connectivity index (χ0) is 11.4. The number of hydrogen-bond donors (Lipinski definition) is 1. The van der Waals surface area contributed by atoms with Crippen molar-refractivity contribution < 1.29 is 28.2 Å². The maximum atomic E-state index is 12.4. The van der Waals surface area contributed by atoms with E-state index >= 15 is 0 Å². The molecule has 0 aliphatic heterocycles. The van der Waals surface area contributed by atoms with Crippen LogP contribution in [0.15, 0.2) is 0 Å².